The van der Waals surface area contributed by atoms with Crippen molar-refractivity contribution in [2.75, 3.05) is 0 Å². The van der Waals surface area contributed by atoms with Gasteiger partial charge in [0.2, 0.25) is 0 Å². The van der Waals surface area contributed by atoms with E-state index in [0.29, 0.717) is 4.88 Å². The van der Waals surface area contributed by atoms with Crippen LogP contribution in [0.3, 0.4) is 0 Å². The molecular weight excluding hydrogens is 304 g/mol. The van der Waals surface area contributed by atoms with E-state index < -0.39 is 0 Å². The van der Waals surface area contributed by atoms with Crippen molar-refractivity contribution in [2.45, 2.75) is 13.3 Å². The van der Waals surface area contributed by atoms with Crippen molar-refractivity contribution in [1.82, 2.24) is 0 Å². The van der Waals surface area contributed by atoms with Gasteiger partial charge in [-0.1, -0.05) is 6.07 Å². The predicted octanol–water partition coefficient (Wildman–Crippen LogP) is 1.91. The van der Waals surface area contributed by atoms with E-state index >= 15 is 0 Å². The van der Waals surface area contributed by atoms with Crippen LogP contribution >= 0.6 is 11.3 Å². The number of carbonyl (C=O) groups is 2. The second kappa shape index (κ2) is 5.94. The Kier molecular flexibility index (Phi) is 6.13. The summed E-state index contributed by atoms with van der Waals surface area (Å²) in [5.41, 5.74) is 0. The van der Waals surface area contributed by atoms with Gasteiger partial charge in [0.05, 0.1) is 11.3 Å². The molecule has 1 rings (SSSR count). The molecular formula is C8H8NdO2S. The Morgan fingerprint density at radius 1 is 1.50 bits per heavy atom. The van der Waals surface area contributed by atoms with Gasteiger partial charge in [-0.3, -0.25) is 9.59 Å². The summed E-state index contributed by atoms with van der Waals surface area (Å²) < 4.78 is 0. The van der Waals surface area contributed by atoms with Crippen molar-refractivity contribution in [3.63, 3.8) is 0 Å². The largest absolute Gasteiger partial charge is 0.300 e. The number of carbonyl (C=O) groups excluding carboxylic acids is 2. The predicted molar refractivity (Wildman–Crippen MR) is 43.9 cm³/mol. The Morgan fingerprint density at radius 3 is 2.58 bits per heavy atom. The van der Waals surface area contributed by atoms with Crippen LogP contribution in [0.1, 0.15) is 23.0 Å². The summed E-state index contributed by atoms with van der Waals surface area (Å²) in [6.45, 7) is 1.42. The number of thiophene rings is 1. The van der Waals surface area contributed by atoms with E-state index in [4.69, 9.17) is 0 Å². The molecule has 0 aliphatic heterocycles. The van der Waals surface area contributed by atoms with Gasteiger partial charge in [-0.2, -0.15) is 0 Å². The molecule has 2 nitrogen and oxygen atoms in total. The van der Waals surface area contributed by atoms with E-state index in [1.807, 2.05) is 5.38 Å². The van der Waals surface area contributed by atoms with E-state index in [1.165, 1.54) is 18.3 Å². The summed E-state index contributed by atoms with van der Waals surface area (Å²) in [7, 11) is 0. The molecule has 1 heterocycles. The molecule has 0 aromatic carbocycles. The van der Waals surface area contributed by atoms with Crippen LogP contribution in [0.5, 0.6) is 0 Å². The second-order valence-corrected chi connectivity index (χ2v) is 3.23. The average molecular weight is 312 g/mol. The minimum absolute atomic E-state index is 0. The van der Waals surface area contributed by atoms with Gasteiger partial charge in [0.25, 0.3) is 0 Å². The molecule has 0 radical (unpaired) electrons. The Morgan fingerprint density at radius 2 is 2.17 bits per heavy atom. The molecule has 0 unspecified atom stereocenters. The van der Waals surface area contributed by atoms with Crippen LogP contribution in [0.15, 0.2) is 17.5 Å². The normalized spacial score (nSPS) is 8.75. The Bertz CT molecular complexity index is 267. The van der Waals surface area contributed by atoms with Crippen molar-refractivity contribution in [3.8, 4) is 0 Å². The van der Waals surface area contributed by atoms with Crippen LogP contribution in [-0.2, 0) is 4.79 Å². The first-order valence-electron chi connectivity index (χ1n) is 3.26. The van der Waals surface area contributed by atoms with Gasteiger partial charge >= 0.3 is 0 Å². The quantitative estimate of drug-likeness (QED) is 0.631. The maximum Gasteiger partial charge on any atom is 0.180 e. The van der Waals surface area contributed by atoms with Crippen LogP contribution in [0.4, 0.5) is 0 Å². The van der Waals surface area contributed by atoms with Crippen LogP contribution in [0.25, 0.3) is 0 Å². The van der Waals surface area contributed by atoms with E-state index in [9.17, 15) is 9.59 Å². The molecule has 4 heteroatoms. The van der Waals surface area contributed by atoms with E-state index in [2.05, 4.69) is 0 Å². The fraction of sp³-hybridized carbons (Fsp3) is 0.250. The van der Waals surface area contributed by atoms with Gasteiger partial charge in [-0.25, -0.2) is 0 Å². The molecule has 12 heavy (non-hydrogen) atoms. The maximum absolute atomic E-state index is 11.1. The van der Waals surface area contributed by atoms with Crippen molar-refractivity contribution in [1.29, 1.82) is 0 Å². The molecule has 0 saturated heterocycles. The Balaban J connectivity index is 0.00000121. The van der Waals surface area contributed by atoms with Crippen molar-refractivity contribution in [2.24, 2.45) is 0 Å². The summed E-state index contributed by atoms with van der Waals surface area (Å²) in [5.74, 6) is -0.157. The van der Waals surface area contributed by atoms with Crippen LogP contribution in [0.2, 0.25) is 0 Å². The number of ketones is 2. The Labute approximate surface area is 108 Å². The first-order chi connectivity index (χ1) is 5.20. The summed E-state index contributed by atoms with van der Waals surface area (Å²) in [6, 6.07) is 3.54. The molecule has 0 saturated carbocycles. The fourth-order valence-corrected chi connectivity index (χ4v) is 1.41. The van der Waals surface area contributed by atoms with E-state index in [1.54, 1.807) is 12.1 Å². The molecule has 62 valence electrons. The zero-order valence-corrected chi connectivity index (χ0v) is 10.7. The third-order valence-electron chi connectivity index (χ3n) is 1.21. The van der Waals surface area contributed by atoms with Crippen LogP contribution in [0, 0.1) is 40.8 Å². The molecule has 1 aromatic rings. The van der Waals surface area contributed by atoms with Gasteiger partial charge in [0, 0.05) is 40.8 Å². The standard InChI is InChI=1S/C8H8O2S.Nd/c1-6(9)5-7(10)8-3-2-4-11-8;/h2-4H,5H2,1H3;. The molecule has 0 aliphatic carbocycles. The van der Waals surface area contributed by atoms with Gasteiger partial charge in [0.15, 0.2) is 5.78 Å². The molecule has 0 fully saturated rings. The van der Waals surface area contributed by atoms with Crippen molar-refractivity contribution in [3.05, 3.63) is 22.4 Å². The zero-order valence-electron chi connectivity index (χ0n) is 6.66. The van der Waals surface area contributed by atoms with Gasteiger partial charge < -0.3 is 0 Å². The molecule has 1 aromatic heterocycles. The molecule has 0 aliphatic rings. The van der Waals surface area contributed by atoms with E-state index in [0.717, 1.165) is 0 Å². The molecule has 0 N–H and O–H groups in total. The Hall–Kier alpha value is 0.391. The number of hydrogen-bond acceptors (Lipinski definition) is 3. The molecule has 0 bridgehead atoms. The smallest absolute Gasteiger partial charge is 0.180 e. The fourth-order valence-electron chi connectivity index (χ4n) is 0.750. The minimum atomic E-state index is -0.0802. The number of rotatable bonds is 3. The third-order valence-corrected chi connectivity index (χ3v) is 2.12. The summed E-state index contributed by atoms with van der Waals surface area (Å²) in [4.78, 5) is 22.3. The number of hydrogen-bond donors (Lipinski definition) is 0. The second-order valence-electron chi connectivity index (χ2n) is 2.28. The van der Waals surface area contributed by atoms with Crippen molar-refractivity contribution >= 4 is 22.9 Å². The van der Waals surface area contributed by atoms with Crippen LogP contribution in [-0.4, -0.2) is 11.6 Å². The first kappa shape index (κ1) is 12.4. The minimum Gasteiger partial charge on any atom is -0.300 e. The summed E-state index contributed by atoms with van der Waals surface area (Å²) in [6.07, 6.45) is 0.0283. The number of Topliss-reactive ketones (excluding diaryl/α,β-unsaturated/α-hetero) is 2. The first-order valence-corrected chi connectivity index (χ1v) is 4.14. The summed E-state index contributed by atoms with van der Waals surface area (Å²) in [5, 5.41) is 1.83. The van der Waals surface area contributed by atoms with Gasteiger partial charge in [0.1, 0.15) is 5.78 Å². The third kappa shape index (κ3) is 3.87. The molecule has 0 spiro atoms. The average Bonchev–Trinajstić information content (AvgIpc) is 2.35. The topological polar surface area (TPSA) is 34.1 Å². The van der Waals surface area contributed by atoms with Gasteiger partial charge in [-0.05, 0) is 18.4 Å². The SMILES string of the molecule is CC(=O)CC(=O)c1cccs1.[Nd]. The molecule has 0 amide bonds. The van der Waals surface area contributed by atoms with Crippen LogP contribution < -0.4 is 0 Å². The molecule has 0 atom stereocenters. The maximum atomic E-state index is 11.1. The zero-order chi connectivity index (χ0) is 8.27. The monoisotopic (exact) mass is 310 g/mol. The van der Waals surface area contributed by atoms with Gasteiger partial charge in [-0.15, -0.1) is 11.3 Å². The van der Waals surface area contributed by atoms with Crippen molar-refractivity contribution < 1.29 is 50.4 Å². The summed E-state index contributed by atoms with van der Waals surface area (Å²) >= 11 is 1.37. The van der Waals surface area contributed by atoms with E-state index in [-0.39, 0.29) is 58.8 Å².